The van der Waals surface area contributed by atoms with Crippen LogP contribution in [-0.2, 0) is 9.47 Å². The summed E-state index contributed by atoms with van der Waals surface area (Å²) >= 11 is 0. The molecular weight excluding hydrogens is 368 g/mol. The highest BCUT2D eigenvalue weighted by atomic mass is 16.7. The highest BCUT2D eigenvalue weighted by Gasteiger charge is 2.24. The van der Waals surface area contributed by atoms with Crippen molar-refractivity contribution in [3.63, 3.8) is 0 Å². The maximum atomic E-state index is 6.15. The maximum absolute atomic E-state index is 6.15. The van der Waals surface area contributed by atoms with E-state index in [0.29, 0.717) is 5.41 Å². The van der Waals surface area contributed by atoms with Gasteiger partial charge in [0.25, 0.3) is 0 Å². The Morgan fingerprint density at radius 1 is 0.567 bits per heavy atom. The molecule has 0 unspecified atom stereocenters. The van der Waals surface area contributed by atoms with Gasteiger partial charge in [-0.1, -0.05) is 96.8 Å². The largest absolute Gasteiger partial charge is 0.350 e. The number of allylic oxidation sites excluding steroid dienone is 6. The standard InChI is InChI=1S/C28H52O2/c1-7-9-21-25-29-28(6,30-26-22-10-8-2)24-20-18-16-14-12-11-13-15-17-19-23-27(3,4)5/h11,13,16,18-19,23H,7-10,12,14-15,17,20-22,24-26H2,1-6H3. The Kier molecular flexibility index (Phi) is 18.3. The molecule has 2 heteroatoms. The molecule has 0 aliphatic heterocycles. The van der Waals surface area contributed by atoms with Crippen molar-refractivity contribution in [1.29, 1.82) is 0 Å². The fourth-order valence-electron chi connectivity index (χ4n) is 3.10. The number of unbranched alkanes of at least 4 members (excludes halogenated alkanes) is 6. The summed E-state index contributed by atoms with van der Waals surface area (Å²) in [4.78, 5) is 0. The first-order chi connectivity index (χ1) is 14.3. The first kappa shape index (κ1) is 29.1. The van der Waals surface area contributed by atoms with Gasteiger partial charge in [0.2, 0.25) is 0 Å². The van der Waals surface area contributed by atoms with Crippen LogP contribution in [0.1, 0.15) is 119 Å². The van der Waals surface area contributed by atoms with Crippen LogP contribution in [0.2, 0.25) is 0 Å². The normalized spacial score (nSPS) is 13.4. The zero-order valence-electron chi connectivity index (χ0n) is 21.2. The summed E-state index contributed by atoms with van der Waals surface area (Å²) in [6, 6.07) is 0. The first-order valence-corrected chi connectivity index (χ1v) is 12.6. The van der Waals surface area contributed by atoms with Gasteiger partial charge in [0.15, 0.2) is 5.79 Å². The lowest BCUT2D eigenvalue weighted by molar-refractivity contribution is -0.229. The van der Waals surface area contributed by atoms with E-state index in [4.69, 9.17) is 9.47 Å². The Labute approximate surface area is 189 Å². The van der Waals surface area contributed by atoms with E-state index in [9.17, 15) is 0 Å². The second-order valence-corrected chi connectivity index (χ2v) is 9.65. The number of rotatable bonds is 19. The number of hydrogen-bond acceptors (Lipinski definition) is 2. The zero-order chi connectivity index (χ0) is 22.6. The Morgan fingerprint density at radius 3 is 1.43 bits per heavy atom. The molecule has 0 aliphatic rings. The van der Waals surface area contributed by atoms with Crippen LogP contribution in [0, 0.1) is 5.41 Å². The van der Waals surface area contributed by atoms with E-state index in [-0.39, 0.29) is 0 Å². The second kappa shape index (κ2) is 18.9. The van der Waals surface area contributed by atoms with Crippen LogP contribution in [0.3, 0.4) is 0 Å². The molecule has 2 nitrogen and oxygen atoms in total. The van der Waals surface area contributed by atoms with E-state index >= 15 is 0 Å². The van der Waals surface area contributed by atoms with Crippen LogP contribution in [0.4, 0.5) is 0 Å². The predicted octanol–water partition coefficient (Wildman–Crippen LogP) is 9.17. The Balaban J connectivity index is 4.05. The monoisotopic (exact) mass is 420 g/mol. The molecule has 0 bridgehead atoms. The van der Waals surface area contributed by atoms with Gasteiger partial charge in [-0.25, -0.2) is 0 Å². The number of ether oxygens (including phenoxy) is 2. The summed E-state index contributed by atoms with van der Waals surface area (Å²) in [7, 11) is 0. The summed E-state index contributed by atoms with van der Waals surface area (Å²) < 4.78 is 12.3. The van der Waals surface area contributed by atoms with Crippen molar-refractivity contribution < 1.29 is 9.47 Å². The van der Waals surface area contributed by atoms with Gasteiger partial charge in [0, 0.05) is 6.42 Å². The van der Waals surface area contributed by atoms with E-state index in [2.05, 4.69) is 78.0 Å². The number of hydrogen-bond donors (Lipinski definition) is 0. The highest BCUT2D eigenvalue weighted by molar-refractivity contribution is 4.94. The third-order valence-corrected chi connectivity index (χ3v) is 5.03. The van der Waals surface area contributed by atoms with Crippen molar-refractivity contribution in [2.45, 2.75) is 124 Å². The molecule has 0 aromatic carbocycles. The molecule has 0 radical (unpaired) electrons. The molecule has 0 N–H and O–H groups in total. The molecule has 0 aromatic heterocycles. The fourth-order valence-corrected chi connectivity index (χ4v) is 3.10. The summed E-state index contributed by atoms with van der Waals surface area (Å²) in [6.07, 6.45) is 27.4. The average Bonchev–Trinajstić information content (AvgIpc) is 2.69. The minimum atomic E-state index is -0.438. The van der Waals surface area contributed by atoms with Crippen molar-refractivity contribution in [3.05, 3.63) is 36.5 Å². The van der Waals surface area contributed by atoms with Crippen LogP contribution in [0.15, 0.2) is 36.5 Å². The molecule has 0 saturated carbocycles. The van der Waals surface area contributed by atoms with E-state index in [1.807, 2.05) is 0 Å². The van der Waals surface area contributed by atoms with E-state index in [1.165, 1.54) is 25.7 Å². The quantitative estimate of drug-likeness (QED) is 0.118. The molecule has 0 atom stereocenters. The van der Waals surface area contributed by atoms with Crippen molar-refractivity contribution in [1.82, 2.24) is 0 Å². The smallest absolute Gasteiger partial charge is 0.165 e. The van der Waals surface area contributed by atoms with Crippen molar-refractivity contribution in [3.8, 4) is 0 Å². The van der Waals surface area contributed by atoms with Gasteiger partial charge in [-0.05, 0) is 57.3 Å². The minimum absolute atomic E-state index is 0.297. The average molecular weight is 421 g/mol. The SMILES string of the molecule is CCCCCOC(C)(CCC=CCCC=CCCC=CC(C)(C)C)OCCCCC. The van der Waals surface area contributed by atoms with Crippen molar-refractivity contribution in [2.75, 3.05) is 13.2 Å². The van der Waals surface area contributed by atoms with Crippen LogP contribution in [0.5, 0.6) is 0 Å². The van der Waals surface area contributed by atoms with E-state index in [1.54, 1.807) is 0 Å². The predicted molar refractivity (Wildman–Crippen MR) is 134 cm³/mol. The maximum Gasteiger partial charge on any atom is 0.165 e. The lowest BCUT2D eigenvalue weighted by Gasteiger charge is -2.30. The van der Waals surface area contributed by atoms with Gasteiger partial charge >= 0.3 is 0 Å². The summed E-state index contributed by atoms with van der Waals surface area (Å²) in [6.45, 7) is 14.9. The lowest BCUT2D eigenvalue weighted by Crippen LogP contribution is -2.33. The van der Waals surface area contributed by atoms with E-state index in [0.717, 1.165) is 64.6 Å². The molecule has 0 aromatic rings. The molecule has 0 amide bonds. The van der Waals surface area contributed by atoms with Crippen LogP contribution in [0.25, 0.3) is 0 Å². The molecule has 0 aliphatic carbocycles. The minimum Gasteiger partial charge on any atom is -0.350 e. The molecule has 0 fully saturated rings. The molecule has 0 saturated heterocycles. The highest BCUT2D eigenvalue weighted by Crippen LogP contribution is 2.22. The summed E-state index contributed by atoms with van der Waals surface area (Å²) in [5.74, 6) is -0.438. The lowest BCUT2D eigenvalue weighted by atomic mass is 9.96. The first-order valence-electron chi connectivity index (χ1n) is 12.6. The third-order valence-electron chi connectivity index (χ3n) is 5.03. The van der Waals surface area contributed by atoms with Gasteiger partial charge in [-0.3, -0.25) is 0 Å². The van der Waals surface area contributed by atoms with Crippen molar-refractivity contribution in [2.24, 2.45) is 5.41 Å². The van der Waals surface area contributed by atoms with Crippen molar-refractivity contribution >= 4 is 0 Å². The second-order valence-electron chi connectivity index (χ2n) is 9.65. The molecule has 0 rings (SSSR count). The summed E-state index contributed by atoms with van der Waals surface area (Å²) in [5, 5.41) is 0. The third kappa shape index (κ3) is 20.4. The van der Waals surface area contributed by atoms with Gasteiger partial charge in [-0.15, -0.1) is 0 Å². The zero-order valence-corrected chi connectivity index (χ0v) is 21.2. The van der Waals surface area contributed by atoms with Crippen LogP contribution < -0.4 is 0 Å². The summed E-state index contributed by atoms with van der Waals surface area (Å²) in [5.41, 5.74) is 0.297. The van der Waals surface area contributed by atoms with Gasteiger partial charge < -0.3 is 9.47 Å². The Morgan fingerprint density at radius 2 is 1.00 bits per heavy atom. The topological polar surface area (TPSA) is 18.5 Å². The molecule has 0 heterocycles. The molecule has 176 valence electrons. The van der Waals surface area contributed by atoms with E-state index < -0.39 is 5.79 Å². The fraction of sp³-hybridized carbons (Fsp3) is 0.786. The Hall–Kier alpha value is -0.860. The van der Waals surface area contributed by atoms with Gasteiger partial charge in [0.05, 0.1) is 13.2 Å². The molecule has 0 spiro atoms. The van der Waals surface area contributed by atoms with Gasteiger partial charge in [0.1, 0.15) is 0 Å². The molecule has 30 heavy (non-hydrogen) atoms. The van der Waals surface area contributed by atoms with Crippen LogP contribution >= 0.6 is 0 Å². The van der Waals surface area contributed by atoms with Gasteiger partial charge in [-0.2, -0.15) is 0 Å². The van der Waals surface area contributed by atoms with Crippen LogP contribution in [-0.4, -0.2) is 19.0 Å². The molecular formula is C28H52O2. The Bertz CT molecular complexity index is 442.